The molecule has 0 bridgehead atoms. The molecule has 1 aromatic heterocycles. The number of aromatic nitrogens is 1. The Kier molecular flexibility index (Phi) is 6.99. The number of amides is 1. The van der Waals surface area contributed by atoms with Crippen LogP contribution in [0.2, 0.25) is 5.02 Å². The molecule has 3 rings (SSSR count). The van der Waals surface area contributed by atoms with Crippen LogP contribution in [0.5, 0.6) is 0 Å². The number of sulfonamides is 1. The number of esters is 1. The van der Waals surface area contributed by atoms with Crippen LogP contribution in [0.3, 0.4) is 0 Å². The van der Waals surface area contributed by atoms with Crippen molar-refractivity contribution in [2.24, 2.45) is 5.92 Å². The summed E-state index contributed by atoms with van der Waals surface area (Å²) in [5, 5.41) is 0.547. The Hall–Kier alpha value is -2.17. The van der Waals surface area contributed by atoms with Gasteiger partial charge in [0.05, 0.1) is 23.1 Å². The van der Waals surface area contributed by atoms with Gasteiger partial charge in [0.25, 0.3) is 15.9 Å². The second-order valence-electron chi connectivity index (χ2n) is 6.81. The molecule has 162 valence electrons. The second kappa shape index (κ2) is 9.32. The van der Waals surface area contributed by atoms with Crippen molar-refractivity contribution in [1.82, 2.24) is 9.88 Å². The third kappa shape index (κ3) is 5.11. The molecule has 0 saturated carbocycles. The van der Waals surface area contributed by atoms with Crippen LogP contribution in [-0.4, -0.2) is 49.9 Å². The van der Waals surface area contributed by atoms with Crippen LogP contribution >= 0.6 is 22.9 Å². The number of carbonyl (C=O) groups is 2. The van der Waals surface area contributed by atoms with Crippen molar-refractivity contribution in [1.29, 1.82) is 0 Å². The van der Waals surface area contributed by atoms with Crippen LogP contribution in [0.4, 0.5) is 5.13 Å². The summed E-state index contributed by atoms with van der Waals surface area (Å²) >= 11 is 6.79. The largest absolute Gasteiger partial charge is 0.466 e. The highest BCUT2D eigenvalue weighted by Gasteiger charge is 2.30. The summed E-state index contributed by atoms with van der Waals surface area (Å²) < 4.78 is 32.5. The molecular weight excluding hydrogens is 450 g/mol. The standard InChI is InChI=1S/C19H22ClN3O5S2/c1-3-28-18(25)13-8-10-23(11-9-13)17(24)16-12(2)21-19(29-16)22-30(26,27)15-6-4-14(20)5-7-15/h4-7,13H,3,8-11H2,1-2H3,(H,21,22). The van der Waals surface area contributed by atoms with Gasteiger partial charge in [0, 0.05) is 18.1 Å². The third-order valence-electron chi connectivity index (χ3n) is 4.74. The van der Waals surface area contributed by atoms with E-state index in [0.717, 1.165) is 11.3 Å². The maximum absolute atomic E-state index is 12.9. The highest BCUT2D eigenvalue weighted by Crippen LogP contribution is 2.28. The molecule has 2 aromatic rings. The molecule has 0 radical (unpaired) electrons. The van der Waals surface area contributed by atoms with Gasteiger partial charge in [0.15, 0.2) is 5.13 Å². The van der Waals surface area contributed by atoms with E-state index in [0.29, 0.717) is 48.1 Å². The Morgan fingerprint density at radius 3 is 2.50 bits per heavy atom. The van der Waals surface area contributed by atoms with E-state index >= 15 is 0 Å². The van der Waals surface area contributed by atoms with Crippen molar-refractivity contribution in [2.45, 2.75) is 31.6 Å². The van der Waals surface area contributed by atoms with Crippen molar-refractivity contribution >= 4 is 50.0 Å². The number of halogens is 1. The van der Waals surface area contributed by atoms with E-state index in [2.05, 4.69) is 9.71 Å². The number of rotatable bonds is 6. The zero-order valence-corrected chi connectivity index (χ0v) is 18.9. The number of piperidine rings is 1. The fourth-order valence-electron chi connectivity index (χ4n) is 3.15. The highest BCUT2D eigenvalue weighted by molar-refractivity contribution is 7.93. The van der Waals surface area contributed by atoms with E-state index in [4.69, 9.17) is 16.3 Å². The van der Waals surface area contributed by atoms with Gasteiger partial charge in [0.2, 0.25) is 0 Å². The highest BCUT2D eigenvalue weighted by atomic mass is 35.5. The number of hydrogen-bond acceptors (Lipinski definition) is 7. The molecular formula is C19H22ClN3O5S2. The maximum Gasteiger partial charge on any atom is 0.309 e. The van der Waals surface area contributed by atoms with Gasteiger partial charge in [0.1, 0.15) is 4.88 Å². The van der Waals surface area contributed by atoms with Crippen LogP contribution in [-0.2, 0) is 19.6 Å². The number of thiazole rings is 1. The number of hydrogen-bond donors (Lipinski definition) is 1. The van der Waals surface area contributed by atoms with Crippen molar-refractivity contribution < 1.29 is 22.7 Å². The van der Waals surface area contributed by atoms with E-state index in [1.165, 1.54) is 24.3 Å². The number of ether oxygens (including phenoxy) is 1. The van der Waals surface area contributed by atoms with Crippen LogP contribution < -0.4 is 4.72 Å². The van der Waals surface area contributed by atoms with Crippen molar-refractivity contribution in [3.63, 3.8) is 0 Å². The van der Waals surface area contributed by atoms with E-state index < -0.39 is 10.0 Å². The number of likely N-dealkylation sites (tertiary alicyclic amines) is 1. The molecule has 1 aliphatic rings. The number of nitrogens with zero attached hydrogens (tertiary/aromatic N) is 2. The summed E-state index contributed by atoms with van der Waals surface area (Å²) in [5.74, 6) is -0.639. The minimum absolute atomic E-state index is 0.0497. The SMILES string of the molecule is CCOC(=O)C1CCN(C(=O)c2sc(NS(=O)(=O)c3ccc(Cl)cc3)nc2C)CC1. The average molecular weight is 472 g/mol. The Morgan fingerprint density at radius 2 is 1.90 bits per heavy atom. The summed E-state index contributed by atoms with van der Waals surface area (Å²) in [5.41, 5.74) is 0.450. The van der Waals surface area contributed by atoms with Crippen LogP contribution in [0.1, 0.15) is 35.1 Å². The molecule has 0 unspecified atom stereocenters. The number of anilines is 1. The van der Waals surface area contributed by atoms with Gasteiger partial charge in [-0.3, -0.25) is 14.3 Å². The van der Waals surface area contributed by atoms with Crippen LogP contribution in [0.25, 0.3) is 0 Å². The maximum atomic E-state index is 12.9. The molecule has 8 nitrogen and oxygen atoms in total. The monoisotopic (exact) mass is 471 g/mol. The second-order valence-corrected chi connectivity index (χ2v) is 9.93. The van der Waals surface area contributed by atoms with E-state index in [1.807, 2.05) is 0 Å². The molecule has 0 spiro atoms. The first kappa shape index (κ1) is 22.5. The summed E-state index contributed by atoms with van der Waals surface area (Å²) in [7, 11) is -3.84. The lowest BCUT2D eigenvalue weighted by atomic mass is 9.97. The molecule has 11 heteroatoms. The van der Waals surface area contributed by atoms with Gasteiger partial charge >= 0.3 is 5.97 Å². The fourth-order valence-corrected chi connectivity index (χ4v) is 5.44. The van der Waals surface area contributed by atoms with Crippen molar-refractivity contribution in [3.05, 3.63) is 39.9 Å². The van der Waals surface area contributed by atoms with Crippen LogP contribution in [0.15, 0.2) is 29.2 Å². The van der Waals surface area contributed by atoms with E-state index in [1.54, 1.807) is 18.7 Å². The molecule has 2 heterocycles. The van der Waals surface area contributed by atoms with E-state index in [-0.39, 0.29) is 27.8 Å². The molecule has 1 aliphatic heterocycles. The smallest absolute Gasteiger partial charge is 0.309 e. The lowest BCUT2D eigenvalue weighted by molar-refractivity contribution is -0.149. The number of benzene rings is 1. The van der Waals surface area contributed by atoms with Crippen molar-refractivity contribution in [3.8, 4) is 0 Å². The summed E-state index contributed by atoms with van der Waals surface area (Å²) in [6, 6.07) is 5.76. The van der Waals surface area contributed by atoms with Gasteiger partial charge in [-0.15, -0.1) is 0 Å². The normalized spacial score (nSPS) is 15.1. The average Bonchev–Trinajstić information content (AvgIpc) is 3.07. The van der Waals surface area contributed by atoms with E-state index in [9.17, 15) is 18.0 Å². The minimum Gasteiger partial charge on any atom is -0.466 e. The minimum atomic E-state index is -3.84. The lowest BCUT2D eigenvalue weighted by Crippen LogP contribution is -2.40. The third-order valence-corrected chi connectivity index (χ3v) is 7.54. The predicted molar refractivity (Wildman–Crippen MR) is 114 cm³/mol. The Bertz CT molecular complexity index is 1030. The molecule has 1 aromatic carbocycles. The first-order chi connectivity index (χ1) is 14.2. The zero-order valence-electron chi connectivity index (χ0n) is 16.6. The number of carbonyl (C=O) groups excluding carboxylic acids is 2. The van der Waals surface area contributed by atoms with Crippen molar-refractivity contribution in [2.75, 3.05) is 24.4 Å². The van der Waals surface area contributed by atoms with Gasteiger partial charge in [-0.2, -0.15) is 0 Å². The number of nitrogens with one attached hydrogen (secondary N) is 1. The molecule has 1 amide bonds. The van der Waals surface area contributed by atoms with Gasteiger partial charge < -0.3 is 9.64 Å². The first-order valence-electron chi connectivity index (χ1n) is 9.43. The zero-order chi connectivity index (χ0) is 21.9. The van der Waals surface area contributed by atoms with Crippen LogP contribution in [0, 0.1) is 12.8 Å². The lowest BCUT2D eigenvalue weighted by Gasteiger charge is -2.30. The Labute approximate surface area is 184 Å². The molecule has 1 N–H and O–H groups in total. The fraction of sp³-hybridized carbons (Fsp3) is 0.421. The molecule has 0 atom stereocenters. The molecule has 30 heavy (non-hydrogen) atoms. The Balaban J connectivity index is 1.68. The molecule has 0 aliphatic carbocycles. The topological polar surface area (TPSA) is 106 Å². The first-order valence-corrected chi connectivity index (χ1v) is 12.1. The quantitative estimate of drug-likeness (QED) is 0.648. The predicted octanol–water partition coefficient (Wildman–Crippen LogP) is 3.32. The summed E-state index contributed by atoms with van der Waals surface area (Å²) in [4.78, 5) is 31.0. The summed E-state index contributed by atoms with van der Waals surface area (Å²) in [6.07, 6.45) is 1.08. The number of aryl methyl sites for hydroxylation is 1. The van der Waals surface area contributed by atoms with Gasteiger partial charge in [-0.1, -0.05) is 22.9 Å². The molecule has 1 fully saturated rings. The van der Waals surface area contributed by atoms with Gasteiger partial charge in [-0.05, 0) is 51.0 Å². The Morgan fingerprint density at radius 1 is 1.27 bits per heavy atom. The van der Waals surface area contributed by atoms with Gasteiger partial charge in [-0.25, -0.2) is 13.4 Å². The molecule has 1 saturated heterocycles. The summed E-state index contributed by atoms with van der Waals surface area (Å²) in [6.45, 7) is 4.64.